The summed E-state index contributed by atoms with van der Waals surface area (Å²) in [5.74, 6) is 2.75. The lowest BCUT2D eigenvalue weighted by Crippen LogP contribution is -2.38. The van der Waals surface area contributed by atoms with Crippen molar-refractivity contribution >= 4 is 0 Å². The van der Waals surface area contributed by atoms with Crippen molar-refractivity contribution < 1.29 is 5.11 Å². The Morgan fingerprint density at radius 2 is 1.50 bits per heavy atom. The number of fused-ring (bicyclic) bond motifs is 1. The first kappa shape index (κ1) is 7.37. The second-order valence-electron chi connectivity index (χ2n) is 5.48. The molecule has 2 unspecified atom stereocenters. The quantitative estimate of drug-likeness (QED) is 0.585. The summed E-state index contributed by atoms with van der Waals surface area (Å²) in [6, 6.07) is 0. The minimum Gasteiger partial charge on any atom is -0.390 e. The van der Waals surface area contributed by atoms with Gasteiger partial charge < -0.3 is 5.11 Å². The van der Waals surface area contributed by atoms with E-state index in [9.17, 15) is 5.11 Å². The van der Waals surface area contributed by atoms with Gasteiger partial charge >= 0.3 is 0 Å². The van der Waals surface area contributed by atoms with E-state index < -0.39 is 0 Å². The van der Waals surface area contributed by atoms with Crippen molar-refractivity contribution in [1.82, 2.24) is 0 Å². The van der Waals surface area contributed by atoms with Gasteiger partial charge in [-0.2, -0.15) is 0 Å². The summed E-state index contributed by atoms with van der Waals surface area (Å²) in [6.07, 6.45) is 8.95. The van der Waals surface area contributed by atoms with Crippen molar-refractivity contribution in [2.24, 2.45) is 17.8 Å². The molecule has 12 heavy (non-hydrogen) atoms. The number of hydrogen-bond acceptors (Lipinski definition) is 1. The van der Waals surface area contributed by atoms with Gasteiger partial charge in [-0.1, -0.05) is 0 Å². The molecule has 0 aromatic rings. The highest BCUT2D eigenvalue weighted by atomic mass is 16.3. The van der Waals surface area contributed by atoms with Gasteiger partial charge in [0.2, 0.25) is 0 Å². The van der Waals surface area contributed by atoms with E-state index >= 15 is 0 Å². The molecular formula is C11H18O. The fourth-order valence-electron chi connectivity index (χ4n) is 4.11. The predicted molar refractivity (Wildman–Crippen MR) is 47.7 cm³/mol. The third kappa shape index (κ3) is 1.02. The first-order chi connectivity index (χ1) is 5.73. The predicted octanol–water partition coefficient (Wildman–Crippen LogP) is 2.34. The van der Waals surface area contributed by atoms with Gasteiger partial charge in [0.25, 0.3) is 0 Å². The van der Waals surface area contributed by atoms with Gasteiger partial charge in [0, 0.05) is 0 Å². The standard InChI is InChI=1S/C11H18O/c12-11-2-1-8-3-9(6-11)5-10(4-8)7-11/h8-10,12H,1-7H2/t8?,9-,10+,11?. The number of aliphatic hydroxyl groups is 1. The van der Waals surface area contributed by atoms with Crippen LogP contribution in [-0.4, -0.2) is 10.7 Å². The molecule has 0 aromatic carbocycles. The maximum absolute atomic E-state index is 10.3. The molecule has 4 aliphatic rings. The molecule has 4 rings (SSSR count). The zero-order chi connectivity index (χ0) is 8.18. The molecule has 4 saturated carbocycles. The van der Waals surface area contributed by atoms with Gasteiger partial charge in [-0.25, -0.2) is 0 Å². The van der Waals surface area contributed by atoms with Gasteiger partial charge in [0.15, 0.2) is 0 Å². The zero-order valence-corrected chi connectivity index (χ0v) is 7.63. The summed E-state index contributed by atoms with van der Waals surface area (Å²) in [5.41, 5.74) is -0.223. The van der Waals surface area contributed by atoms with Crippen LogP contribution in [0.15, 0.2) is 0 Å². The molecular weight excluding hydrogens is 148 g/mol. The summed E-state index contributed by atoms with van der Waals surface area (Å²) >= 11 is 0. The largest absolute Gasteiger partial charge is 0.390 e. The highest BCUT2D eigenvalue weighted by Gasteiger charge is 2.46. The van der Waals surface area contributed by atoms with Crippen molar-refractivity contribution in [1.29, 1.82) is 0 Å². The molecule has 0 amide bonds. The van der Waals surface area contributed by atoms with E-state index in [-0.39, 0.29) is 5.60 Å². The molecule has 0 aromatic heterocycles. The summed E-state index contributed by atoms with van der Waals surface area (Å²) < 4.78 is 0. The minimum absolute atomic E-state index is 0.223. The van der Waals surface area contributed by atoms with E-state index in [0.29, 0.717) is 0 Å². The summed E-state index contributed by atoms with van der Waals surface area (Å²) in [5, 5.41) is 10.3. The van der Waals surface area contributed by atoms with Crippen molar-refractivity contribution in [2.75, 3.05) is 0 Å². The lowest BCUT2D eigenvalue weighted by Gasteiger charge is -2.42. The third-order valence-corrected chi connectivity index (χ3v) is 4.36. The van der Waals surface area contributed by atoms with E-state index in [1.54, 1.807) is 0 Å². The van der Waals surface area contributed by atoms with Crippen LogP contribution in [0.25, 0.3) is 0 Å². The molecule has 0 radical (unpaired) electrons. The summed E-state index contributed by atoms with van der Waals surface area (Å²) in [4.78, 5) is 0. The van der Waals surface area contributed by atoms with Crippen LogP contribution >= 0.6 is 0 Å². The summed E-state index contributed by atoms with van der Waals surface area (Å²) in [6.45, 7) is 0. The first-order valence-electron chi connectivity index (χ1n) is 5.46. The molecule has 0 saturated heterocycles. The Balaban J connectivity index is 1.94. The molecule has 0 spiro atoms. The van der Waals surface area contributed by atoms with E-state index in [1.807, 2.05) is 0 Å². The van der Waals surface area contributed by atoms with Crippen LogP contribution in [0.5, 0.6) is 0 Å². The fourth-order valence-corrected chi connectivity index (χ4v) is 4.11. The van der Waals surface area contributed by atoms with Gasteiger partial charge in [0.05, 0.1) is 5.60 Å². The van der Waals surface area contributed by atoms with Crippen LogP contribution in [-0.2, 0) is 0 Å². The number of hydrogen-bond donors (Lipinski definition) is 1. The second-order valence-corrected chi connectivity index (χ2v) is 5.48. The summed E-state index contributed by atoms with van der Waals surface area (Å²) in [7, 11) is 0. The molecule has 4 aliphatic carbocycles. The van der Waals surface area contributed by atoms with Gasteiger partial charge in [-0.15, -0.1) is 0 Å². The lowest BCUT2D eigenvalue weighted by atomic mass is 9.66. The van der Waals surface area contributed by atoms with Crippen LogP contribution in [0.2, 0.25) is 0 Å². The zero-order valence-electron chi connectivity index (χ0n) is 7.63. The van der Waals surface area contributed by atoms with Crippen LogP contribution in [0, 0.1) is 17.8 Å². The van der Waals surface area contributed by atoms with Gasteiger partial charge in [0.1, 0.15) is 0 Å². The van der Waals surface area contributed by atoms with Crippen molar-refractivity contribution in [3.63, 3.8) is 0 Å². The minimum atomic E-state index is -0.223. The molecule has 1 nitrogen and oxygen atoms in total. The van der Waals surface area contributed by atoms with Crippen LogP contribution < -0.4 is 0 Å². The topological polar surface area (TPSA) is 20.2 Å². The normalized spacial score (nSPS) is 57.2. The molecule has 1 N–H and O–H groups in total. The molecule has 4 atom stereocenters. The Hall–Kier alpha value is -0.0400. The second kappa shape index (κ2) is 2.25. The molecule has 0 aliphatic heterocycles. The van der Waals surface area contributed by atoms with Gasteiger partial charge in [-0.3, -0.25) is 0 Å². The maximum Gasteiger partial charge on any atom is 0.0653 e. The van der Waals surface area contributed by atoms with Crippen LogP contribution in [0.4, 0.5) is 0 Å². The molecule has 0 heterocycles. The Labute approximate surface area is 74.2 Å². The highest BCUT2D eigenvalue weighted by molar-refractivity contribution is 4.98. The van der Waals surface area contributed by atoms with E-state index in [4.69, 9.17) is 0 Å². The van der Waals surface area contributed by atoms with Crippen LogP contribution in [0.1, 0.15) is 44.9 Å². The molecule has 1 heteroatoms. The Bertz CT molecular complexity index is 185. The van der Waals surface area contributed by atoms with Crippen LogP contribution in [0.3, 0.4) is 0 Å². The molecule has 68 valence electrons. The average Bonchev–Trinajstić information content (AvgIpc) is 2.14. The van der Waals surface area contributed by atoms with Crippen molar-refractivity contribution in [3.8, 4) is 0 Å². The Kier molecular flexibility index (Phi) is 1.39. The smallest absolute Gasteiger partial charge is 0.0653 e. The van der Waals surface area contributed by atoms with Crippen molar-refractivity contribution in [3.05, 3.63) is 0 Å². The van der Waals surface area contributed by atoms with Gasteiger partial charge in [-0.05, 0) is 62.7 Å². The van der Waals surface area contributed by atoms with E-state index in [2.05, 4.69) is 0 Å². The van der Waals surface area contributed by atoms with E-state index in [1.165, 1.54) is 25.7 Å². The highest BCUT2D eigenvalue weighted by Crippen LogP contribution is 2.52. The van der Waals surface area contributed by atoms with Crippen molar-refractivity contribution in [2.45, 2.75) is 50.5 Å². The first-order valence-corrected chi connectivity index (χ1v) is 5.46. The number of rotatable bonds is 0. The monoisotopic (exact) mass is 166 g/mol. The Morgan fingerprint density at radius 3 is 2.17 bits per heavy atom. The lowest BCUT2D eigenvalue weighted by molar-refractivity contribution is -0.0412. The van der Waals surface area contributed by atoms with E-state index in [0.717, 1.165) is 37.0 Å². The molecule has 4 fully saturated rings. The average molecular weight is 166 g/mol. The molecule has 4 bridgehead atoms. The maximum atomic E-state index is 10.3. The SMILES string of the molecule is OC12CCC3C[C@H](C[C@H](C3)C1)C2. The fraction of sp³-hybridized carbons (Fsp3) is 1.00. The third-order valence-electron chi connectivity index (χ3n) is 4.36. The Morgan fingerprint density at radius 1 is 0.917 bits per heavy atom.